The van der Waals surface area contributed by atoms with Crippen LogP contribution < -0.4 is 15.6 Å². The van der Waals surface area contributed by atoms with E-state index in [1.807, 2.05) is 0 Å². The Labute approximate surface area is 346 Å². The first-order valence-corrected chi connectivity index (χ1v) is 23.3. The van der Waals surface area contributed by atoms with E-state index in [1.165, 1.54) is 29.2 Å². The van der Waals surface area contributed by atoms with Crippen molar-refractivity contribution >= 4 is 65.9 Å². The fourth-order valence-corrected chi connectivity index (χ4v) is 10.3. The molecule has 0 unspecified atom stereocenters. The Morgan fingerprint density at radius 1 is 1.07 bits per heavy atom. The number of amides is 1. The number of halogens is 7. The van der Waals surface area contributed by atoms with Crippen molar-refractivity contribution < 1.29 is 44.1 Å². The van der Waals surface area contributed by atoms with Crippen LogP contribution in [0, 0.1) is 17.6 Å². The van der Waals surface area contributed by atoms with E-state index in [0.29, 0.717) is 15.1 Å². The molecule has 318 valence electrons. The molecule has 0 aliphatic heterocycles. The molecule has 8 rings (SSSR count). The molecule has 1 fully saturated rings. The highest BCUT2D eigenvalue weighted by molar-refractivity contribution is 8.29. The molecular weight excluding hydrogens is 884 g/mol. The van der Waals surface area contributed by atoms with E-state index in [1.54, 1.807) is 12.5 Å². The molecule has 2 aliphatic rings. The normalized spacial score (nSPS) is 17.8. The fourth-order valence-electron chi connectivity index (χ4n) is 7.62. The Morgan fingerprint density at radius 3 is 2.40 bits per heavy atom. The molecule has 14 nitrogen and oxygen atoms in total. The topological polar surface area (TPSA) is 179 Å². The molecule has 3 N–H and O–H groups in total. The third kappa shape index (κ3) is 7.53. The number of carbonyl (C=O) groups excluding carboxylic acids is 1. The van der Waals surface area contributed by atoms with Crippen LogP contribution in [-0.4, -0.2) is 71.7 Å². The minimum absolute atomic E-state index is 0.0124. The average molecular weight is 916 g/mol. The van der Waals surface area contributed by atoms with Crippen LogP contribution in [0.1, 0.15) is 53.1 Å². The van der Waals surface area contributed by atoms with Gasteiger partial charge in [-0.05, 0) is 54.7 Å². The van der Waals surface area contributed by atoms with Gasteiger partial charge in [-0.3, -0.25) is 28.2 Å². The number of alkyl halides is 4. The SMILES string of the molecule is Cn1nc(NS(C)(=O)=O)c2c(Cl)ccc(-n3c([C@H](Cc4cc(F)cc(F)c4)NC(=O)Cn4nc(C(F)F)c5c4C(F)(F)[C@@H]4C[C@H]54)nc(-c4csc(S(C)(C)O)n4)cc3=O)c21. The van der Waals surface area contributed by atoms with Crippen molar-refractivity contribution in [1.82, 2.24) is 39.4 Å². The van der Waals surface area contributed by atoms with E-state index < -0.39 is 98.0 Å². The van der Waals surface area contributed by atoms with Crippen molar-refractivity contribution in [1.29, 1.82) is 0 Å². The second-order valence-electron chi connectivity index (χ2n) is 14.9. The quantitative estimate of drug-likeness (QED) is 0.110. The van der Waals surface area contributed by atoms with Crippen LogP contribution in [0.15, 0.2) is 50.9 Å². The van der Waals surface area contributed by atoms with Crippen molar-refractivity contribution in [2.24, 2.45) is 13.0 Å². The maximum atomic E-state index is 15.5. The maximum Gasteiger partial charge on any atom is 0.293 e. The van der Waals surface area contributed by atoms with Gasteiger partial charge in [0.1, 0.15) is 41.1 Å². The number of nitrogens with one attached hydrogen (secondary N) is 2. The Morgan fingerprint density at radius 2 is 1.77 bits per heavy atom. The van der Waals surface area contributed by atoms with Gasteiger partial charge in [0.2, 0.25) is 15.9 Å². The summed E-state index contributed by atoms with van der Waals surface area (Å²) in [5, 5.41) is 12.2. The van der Waals surface area contributed by atoms with Crippen molar-refractivity contribution in [2.75, 3.05) is 23.5 Å². The second-order valence-corrected chi connectivity index (χ2v) is 21.1. The summed E-state index contributed by atoms with van der Waals surface area (Å²) in [6.45, 7) is -1.00. The van der Waals surface area contributed by atoms with Gasteiger partial charge in [0, 0.05) is 42.5 Å². The molecule has 0 saturated heterocycles. The van der Waals surface area contributed by atoms with E-state index in [9.17, 15) is 40.1 Å². The summed E-state index contributed by atoms with van der Waals surface area (Å²) < 4.78 is 129. The zero-order valence-electron chi connectivity index (χ0n) is 31.6. The third-order valence-electron chi connectivity index (χ3n) is 10.0. The first-order chi connectivity index (χ1) is 28.0. The number of thiazole rings is 1. The smallest absolute Gasteiger partial charge is 0.293 e. The fraction of sp³-hybridized carbons (Fsp3) is 0.333. The first kappa shape index (κ1) is 41.8. The Kier molecular flexibility index (Phi) is 10.2. The van der Waals surface area contributed by atoms with Crippen LogP contribution in [0.4, 0.5) is 32.2 Å². The van der Waals surface area contributed by atoms with E-state index >= 15 is 8.78 Å². The number of rotatable bonds is 12. The number of hydrogen-bond acceptors (Lipinski definition) is 10. The molecular formula is C36H32ClF6N9O5S3. The average Bonchev–Trinajstić information content (AvgIpc) is 3.36. The molecule has 6 aromatic rings. The summed E-state index contributed by atoms with van der Waals surface area (Å²) in [5.74, 6) is -9.18. The summed E-state index contributed by atoms with van der Waals surface area (Å²) in [5.41, 5.74) is -2.71. The predicted molar refractivity (Wildman–Crippen MR) is 212 cm³/mol. The van der Waals surface area contributed by atoms with Gasteiger partial charge in [0.15, 0.2) is 10.2 Å². The number of aromatic nitrogens is 7. The molecule has 0 radical (unpaired) electrons. The maximum absolute atomic E-state index is 15.5. The first-order valence-electron chi connectivity index (χ1n) is 17.7. The van der Waals surface area contributed by atoms with Crippen LogP contribution in [0.25, 0.3) is 28.0 Å². The monoisotopic (exact) mass is 915 g/mol. The van der Waals surface area contributed by atoms with E-state index in [0.717, 1.165) is 40.4 Å². The molecule has 24 heteroatoms. The number of fused-ring (bicyclic) bond motifs is 4. The Hall–Kier alpha value is -4.97. The lowest BCUT2D eigenvalue weighted by Gasteiger charge is -2.24. The largest absolute Gasteiger partial charge is 0.346 e. The summed E-state index contributed by atoms with van der Waals surface area (Å²) in [7, 11) is -4.82. The Bertz CT molecular complexity index is 2910. The lowest BCUT2D eigenvalue weighted by molar-refractivity contribution is -0.123. The number of anilines is 1. The summed E-state index contributed by atoms with van der Waals surface area (Å²) in [4.78, 5) is 37.8. The van der Waals surface area contributed by atoms with E-state index in [2.05, 4.69) is 25.2 Å². The van der Waals surface area contributed by atoms with Crippen LogP contribution in [0.2, 0.25) is 5.02 Å². The lowest BCUT2D eigenvalue weighted by atomic mass is 10.0. The van der Waals surface area contributed by atoms with E-state index in [4.69, 9.17) is 16.6 Å². The number of nitrogens with zero attached hydrogens (tertiary/aromatic N) is 7. The number of benzene rings is 2. The minimum atomic E-state index is -3.91. The van der Waals surface area contributed by atoms with Gasteiger partial charge in [0.05, 0.1) is 39.6 Å². The van der Waals surface area contributed by atoms with Crippen molar-refractivity contribution in [2.45, 2.75) is 48.0 Å². The second kappa shape index (κ2) is 14.6. The number of carbonyl (C=O) groups is 1. The van der Waals surface area contributed by atoms with E-state index in [-0.39, 0.29) is 62.2 Å². The number of hydrogen-bond donors (Lipinski definition) is 3. The van der Waals surface area contributed by atoms with Gasteiger partial charge in [0.25, 0.3) is 17.9 Å². The molecule has 60 heavy (non-hydrogen) atoms. The molecule has 4 aromatic heterocycles. The highest BCUT2D eigenvalue weighted by Gasteiger charge is 2.67. The van der Waals surface area contributed by atoms with Gasteiger partial charge >= 0.3 is 0 Å². The zero-order chi connectivity index (χ0) is 43.4. The standard InChI is InChI=1S/C36H32ClF6N9O5S3/c1-50-30-24(6-5-20(37)28(30)33(48-50)49-60(4,56)57)52-26(54)12-21(23-14-58-35(46-23)59(2,3)55)45-34(52)22(9-15-7-16(38)10-17(39)8-15)44-25(53)13-51-31-27(29(47-51)32(40)41)18-11-19(18)36(31,42)43/h5-8,10,12,14,18-19,22,32,55H,9,11,13H2,1-4H3,(H,44,53)(H,48,49)/t18-,19+,22-/m0/s1. The highest BCUT2D eigenvalue weighted by atomic mass is 35.5. The molecule has 1 amide bonds. The number of aryl methyl sites for hydroxylation is 1. The molecule has 1 saturated carbocycles. The number of sulfonamides is 1. The summed E-state index contributed by atoms with van der Waals surface area (Å²) >= 11 is 7.66. The van der Waals surface area contributed by atoms with Crippen LogP contribution in [0.3, 0.4) is 0 Å². The molecule has 0 bridgehead atoms. The van der Waals surface area contributed by atoms with Crippen molar-refractivity contribution in [3.8, 4) is 17.1 Å². The van der Waals surface area contributed by atoms with Crippen LogP contribution >= 0.6 is 33.2 Å². The van der Waals surface area contributed by atoms with Gasteiger partial charge in [-0.15, -0.1) is 11.3 Å². The molecule has 2 aliphatic carbocycles. The summed E-state index contributed by atoms with van der Waals surface area (Å²) in [6.07, 6.45) is 0.312. The summed E-state index contributed by atoms with van der Waals surface area (Å²) in [6, 6.07) is 4.80. The van der Waals surface area contributed by atoms with Gasteiger partial charge in [-0.1, -0.05) is 21.9 Å². The van der Waals surface area contributed by atoms with Gasteiger partial charge < -0.3 is 9.87 Å². The molecule has 2 aromatic carbocycles. The van der Waals surface area contributed by atoms with Crippen molar-refractivity contribution in [3.63, 3.8) is 0 Å². The van der Waals surface area contributed by atoms with Crippen molar-refractivity contribution in [3.05, 3.63) is 97.1 Å². The molecule has 0 spiro atoms. The highest BCUT2D eigenvalue weighted by Crippen LogP contribution is 2.68. The van der Waals surface area contributed by atoms with Crippen LogP contribution in [0.5, 0.6) is 0 Å². The molecule has 4 heterocycles. The predicted octanol–water partition coefficient (Wildman–Crippen LogP) is 6.89. The lowest BCUT2D eigenvalue weighted by Crippen LogP contribution is -2.38. The Balaban J connectivity index is 1.32. The minimum Gasteiger partial charge on any atom is -0.346 e. The zero-order valence-corrected chi connectivity index (χ0v) is 34.8. The molecule has 3 atom stereocenters. The third-order valence-corrected chi connectivity index (χ3v) is 14.0. The van der Waals surface area contributed by atoms with Gasteiger partial charge in [-0.25, -0.2) is 35.9 Å². The van der Waals surface area contributed by atoms with Gasteiger partial charge in [-0.2, -0.15) is 19.0 Å². The van der Waals surface area contributed by atoms with Crippen LogP contribution in [-0.2, 0) is 40.8 Å².